The van der Waals surface area contributed by atoms with E-state index in [0.29, 0.717) is 12.8 Å². The van der Waals surface area contributed by atoms with Gasteiger partial charge in [0.2, 0.25) is 0 Å². The number of rotatable bonds is 6. The van der Waals surface area contributed by atoms with E-state index in [2.05, 4.69) is 0 Å². The summed E-state index contributed by atoms with van der Waals surface area (Å²) in [5, 5.41) is 0. The molecule has 84 valence electrons. The predicted molar refractivity (Wildman–Crippen MR) is 56.7 cm³/mol. The van der Waals surface area contributed by atoms with Gasteiger partial charge in [0.25, 0.3) is 0 Å². The molecule has 0 aliphatic carbocycles. The first-order valence-corrected chi connectivity index (χ1v) is 5.62. The van der Waals surface area contributed by atoms with Crippen molar-refractivity contribution in [1.29, 1.82) is 0 Å². The molecule has 14 heavy (non-hydrogen) atoms. The molecular weight excluding hydrogens is 227 g/mol. The molecule has 0 heterocycles. The first kappa shape index (κ1) is 13.8. The van der Waals surface area contributed by atoms with Crippen molar-refractivity contribution in [2.24, 2.45) is 0 Å². The Labute approximate surface area is 94.7 Å². The fourth-order valence-electron chi connectivity index (χ4n) is 0.808. The summed E-state index contributed by atoms with van der Waals surface area (Å²) in [4.78, 5) is 11.0. The van der Waals surface area contributed by atoms with Crippen molar-refractivity contribution < 1.29 is 14.3 Å². The van der Waals surface area contributed by atoms with Gasteiger partial charge in [0, 0.05) is 0 Å². The van der Waals surface area contributed by atoms with Crippen LogP contribution in [0.4, 0.5) is 4.79 Å². The molecule has 0 radical (unpaired) electrons. The van der Waals surface area contributed by atoms with Crippen molar-refractivity contribution >= 4 is 29.4 Å². The topological polar surface area (TPSA) is 35.5 Å². The van der Waals surface area contributed by atoms with E-state index in [-0.39, 0.29) is 0 Å². The maximum atomic E-state index is 11.0. The molecule has 5 heteroatoms. The Kier molecular flexibility index (Phi) is 8.09. The van der Waals surface area contributed by atoms with Crippen LogP contribution in [-0.2, 0) is 9.47 Å². The molecule has 0 spiro atoms. The Hall–Kier alpha value is -0.150. The zero-order valence-electron chi connectivity index (χ0n) is 8.46. The molecule has 0 fully saturated rings. The summed E-state index contributed by atoms with van der Waals surface area (Å²) >= 11 is 11.3. The Morgan fingerprint density at radius 2 is 1.43 bits per heavy atom. The van der Waals surface area contributed by atoms with Gasteiger partial charge in [-0.3, -0.25) is 0 Å². The molecule has 0 aromatic heterocycles. The van der Waals surface area contributed by atoms with E-state index < -0.39 is 17.3 Å². The van der Waals surface area contributed by atoms with Crippen LogP contribution in [0.3, 0.4) is 0 Å². The second-order valence-corrected chi connectivity index (χ2v) is 3.86. The highest BCUT2D eigenvalue weighted by Crippen LogP contribution is 2.12. The monoisotopic (exact) mass is 242 g/mol. The van der Waals surface area contributed by atoms with E-state index >= 15 is 0 Å². The molecule has 2 unspecified atom stereocenters. The van der Waals surface area contributed by atoms with Crippen LogP contribution in [0.5, 0.6) is 0 Å². The first-order chi connectivity index (χ1) is 6.60. The number of carbonyl (C=O) groups excluding carboxylic acids is 1. The zero-order chi connectivity index (χ0) is 11.0. The largest absolute Gasteiger partial charge is 0.511 e. The molecule has 0 bridgehead atoms. The Bertz CT molecular complexity index is 148. The van der Waals surface area contributed by atoms with Crippen molar-refractivity contribution in [3.05, 3.63) is 0 Å². The van der Waals surface area contributed by atoms with Crippen LogP contribution in [0.1, 0.15) is 39.5 Å². The Balaban J connectivity index is 3.63. The molecule has 0 saturated carbocycles. The summed E-state index contributed by atoms with van der Waals surface area (Å²) in [6, 6.07) is 0. The number of alkyl halides is 2. The normalized spacial score (nSPS) is 14.6. The highest BCUT2D eigenvalue weighted by atomic mass is 35.5. The van der Waals surface area contributed by atoms with E-state index in [0.717, 1.165) is 12.8 Å². The lowest BCUT2D eigenvalue weighted by atomic mass is 10.4. The van der Waals surface area contributed by atoms with Crippen LogP contribution in [0.2, 0.25) is 0 Å². The maximum Gasteiger partial charge on any atom is 0.511 e. The Morgan fingerprint density at radius 1 is 1.07 bits per heavy atom. The maximum absolute atomic E-state index is 11.0. The van der Waals surface area contributed by atoms with Crippen molar-refractivity contribution in [1.82, 2.24) is 0 Å². The van der Waals surface area contributed by atoms with Gasteiger partial charge in [0.1, 0.15) is 0 Å². The van der Waals surface area contributed by atoms with Gasteiger partial charge in [-0.2, -0.15) is 0 Å². The summed E-state index contributed by atoms with van der Waals surface area (Å²) in [7, 11) is 0. The molecule has 0 aliphatic rings. The summed E-state index contributed by atoms with van der Waals surface area (Å²) < 4.78 is 9.46. The van der Waals surface area contributed by atoms with E-state index in [1.807, 2.05) is 13.8 Å². The lowest BCUT2D eigenvalue weighted by Crippen LogP contribution is -2.18. The molecule has 0 N–H and O–H groups in total. The summed E-state index contributed by atoms with van der Waals surface area (Å²) in [5.74, 6) is 0. The molecule has 2 atom stereocenters. The van der Waals surface area contributed by atoms with E-state index in [1.165, 1.54) is 0 Å². The third kappa shape index (κ3) is 7.27. The minimum Gasteiger partial charge on any atom is -0.415 e. The molecular formula is C9H16Cl2O3. The Morgan fingerprint density at radius 3 is 1.71 bits per heavy atom. The predicted octanol–water partition coefficient (Wildman–Crippen LogP) is 3.87. The van der Waals surface area contributed by atoms with Crippen molar-refractivity contribution in [3.63, 3.8) is 0 Å². The minimum absolute atomic E-state index is 0.609. The fraction of sp³-hybridized carbons (Fsp3) is 0.889. The first-order valence-electron chi connectivity index (χ1n) is 4.75. The molecule has 0 saturated heterocycles. The van der Waals surface area contributed by atoms with Crippen molar-refractivity contribution in [2.45, 2.75) is 50.7 Å². The standard InChI is InChI=1S/C9H16Cl2O3/c1-3-5-7(10)13-9(12)14-8(11)6-4-2/h7-8H,3-6H2,1-2H3. The third-order valence-electron chi connectivity index (χ3n) is 1.48. The fourth-order valence-corrected chi connectivity index (χ4v) is 1.39. The average molecular weight is 243 g/mol. The van der Waals surface area contributed by atoms with E-state index in [4.69, 9.17) is 32.7 Å². The number of carbonyl (C=O) groups is 1. The minimum atomic E-state index is -0.799. The van der Waals surface area contributed by atoms with Crippen molar-refractivity contribution in [3.8, 4) is 0 Å². The number of halogens is 2. The lowest BCUT2D eigenvalue weighted by Gasteiger charge is -2.13. The molecule has 3 nitrogen and oxygen atoms in total. The molecule has 0 aliphatic heterocycles. The summed E-state index contributed by atoms with van der Waals surface area (Å²) in [6.45, 7) is 3.90. The molecule has 0 amide bonds. The number of ether oxygens (including phenoxy) is 2. The van der Waals surface area contributed by atoms with Gasteiger partial charge < -0.3 is 9.47 Å². The quantitative estimate of drug-likeness (QED) is 0.524. The van der Waals surface area contributed by atoms with E-state index in [1.54, 1.807) is 0 Å². The third-order valence-corrected chi connectivity index (χ3v) is 2.09. The van der Waals surface area contributed by atoms with Gasteiger partial charge in [-0.1, -0.05) is 49.9 Å². The van der Waals surface area contributed by atoms with Gasteiger partial charge >= 0.3 is 6.16 Å². The smallest absolute Gasteiger partial charge is 0.415 e. The van der Waals surface area contributed by atoms with Gasteiger partial charge in [-0.25, -0.2) is 4.79 Å². The van der Waals surface area contributed by atoms with Gasteiger partial charge in [0.05, 0.1) is 0 Å². The average Bonchev–Trinajstić information content (AvgIpc) is 2.03. The van der Waals surface area contributed by atoms with Crippen LogP contribution >= 0.6 is 23.2 Å². The summed E-state index contributed by atoms with van der Waals surface area (Å²) in [6.07, 6.45) is 2.11. The van der Waals surface area contributed by atoms with Crippen LogP contribution in [0.25, 0.3) is 0 Å². The van der Waals surface area contributed by atoms with Crippen LogP contribution in [0.15, 0.2) is 0 Å². The highest BCUT2D eigenvalue weighted by Gasteiger charge is 2.15. The van der Waals surface area contributed by atoms with Crippen molar-refractivity contribution in [2.75, 3.05) is 0 Å². The summed E-state index contributed by atoms with van der Waals surface area (Å²) in [5.41, 5.74) is -1.25. The highest BCUT2D eigenvalue weighted by molar-refractivity contribution is 6.20. The zero-order valence-corrected chi connectivity index (χ0v) is 9.98. The van der Waals surface area contributed by atoms with E-state index in [9.17, 15) is 4.79 Å². The second-order valence-electron chi connectivity index (χ2n) is 2.88. The van der Waals surface area contributed by atoms with Crippen LogP contribution in [0, 0.1) is 0 Å². The van der Waals surface area contributed by atoms with Crippen LogP contribution in [-0.4, -0.2) is 17.3 Å². The lowest BCUT2D eigenvalue weighted by molar-refractivity contribution is 0.0332. The van der Waals surface area contributed by atoms with Gasteiger partial charge in [-0.05, 0) is 12.8 Å². The molecule has 0 rings (SSSR count). The SMILES string of the molecule is CCCC(Cl)OC(=O)OC(Cl)CCC. The molecule has 0 aromatic carbocycles. The number of hydrogen-bond donors (Lipinski definition) is 0. The molecule has 0 aromatic rings. The second kappa shape index (κ2) is 8.18. The van der Waals surface area contributed by atoms with Gasteiger partial charge in [0.15, 0.2) is 11.1 Å². The number of hydrogen-bond acceptors (Lipinski definition) is 3. The van der Waals surface area contributed by atoms with Crippen LogP contribution < -0.4 is 0 Å². The van der Waals surface area contributed by atoms with Gasteiger partial charge in [-0.15, -0.1) is 0 Å².